The van der Waals surface area contributed by atoms with Crippen LogP contribution in [0.15, 0.2) is 24.3 Å². The second kappa shape index (κ2) is 2.49. The summed E-state index contributed by atoms with van der Waals surface area (Å²) in [5, 5.41) is 0. The maximum absolute atomic E-state index is 10.2. The maximum Gasteiger partial charge on any atom is 0.150 e. The first kappa shape index (κ1) is 6.08. The highest BCUT2D eigenvalue weighted by Crippen LogP contribution is 1.89. The quantitative estimate of drug-likeness (QED) is 0.367. The SMILES string of the molecule is Bc1cccc(C=O)c1. The highest BCUT2D eigenvalue weighted by atomic mass is 16.1. The third-order valence-corrected chi connectivity index (χ3v) is 1.18. The standard InChI is InChI=1S/C7H7BO/c8-7-3-1-2-6(4-7)5-9/h1-5H,8H2. The van der Waals surface area contributed by atoms with Gasteiger partial charge in [-0.05, 0) is 0 Å². The van der Waals surface area contributed by atoms with E-state index in [0.717, 1.165) is 17.3 Å². The molecule has 1 aromatic carbocycles. The Hall–Kier alpha value is -1.05. The first-order valence-corrected chi connectivity index (χ1v) is 2.85. The van der Waals surface area contributed by atoms with E-state index in [0.29, 0.717) is 0 Å². The van der Waals surface area contributed by atoms with Crippen molar-refractivity contribution in [3.05, 3.63) is 29.8 Å². The Morgan fingerprint density at radius 2 is 2.22 bits per heavy atom. The number of aldehydes is 1. The summed E-state index contributed by atoms with van der Waals surface area (Å²) in [7, 11) is 1.97. The summed E-state index contributed by atoms with van der Waals surface area (Å²) < 4.78 is 0. The van der Waals surface area contributed by atoms with E-state index in [9.17, 15) is 4.79 Å². The number of carbonyl (C=O) groups is 1. The summed E-state index contributed by atoms with van der Waals surface area (Å²) in [5.41, 5.74) is 1.87. The van der Waals surface area contributed by atoms with Gasteiger partial charge in [-0.25, -0.2) is 0 Å². The van der Waals surface area contributed by atoms with Gasteiger partial charge in [0.1, 0.15) is 14.1 Å². The molecule has 0 aromatic heterocycles. The van der Waals surface area contributed by atoms with Gasteiger partial charge in [-0.1, -0.05) is 29.7 Å². The molecule has 0 radical (unpaired) electrons. The summed E-state index contributed by atoms with van der Waals surface area (Å²) >= 11 is 0. The Kier molecular flexibility index (Phi) is 1.68. The van der Waals surface area contributed by atoms with E-state index in [1.807, 2.05) is 26.0 Å². The van der Waals surface area contributed by atoms with E-state index in [2.05, 4.69) is 0 Å². The van der Waals surface area contributed by atoms with Crippen molar-refractivity contribution in [2.75, 3.05) is 0 Å². The lowest BCUT2D eigenvalue weighted by Crippen LogP contribution is -2.01. The third kappa shape index (κ3) is 1.42. The Balaban J connectivity index is 3.07. The van der Waals surface area contributed by atoms with Gasteiger partial charge in [0.25, 0.3) is 0 Å². The molecule has 0 N–H and O–H groups in total. The fourth-order valence-electron chi connectivity index (χ4n) is 0.743. The minimum absolute atomic E-state index is 0.745. The third-order valence-electron chi connectivity index (χ3n) is 1.18. The van der Waals surface area contributed by atoms with Gasteiger partial charge in [-0.3, -0.25) is 4.79 Å². The van der Waals surface area contributed by atoms with Gasteiger partial charge in [0.05, 0.1) is 0 Å². The summed E-state index contributed by atoms with van der Waals surface area (Å²) in [6.07, 6.45) is 0.854. The molecule has 0 fully saturated rings. The van der Waals surface area contributed by atoms with Crippen molar-refractivity contribution in [2.45, 2.75) is 0 Å². The number of carbonyl (C=O) groups excluding carboxylic acids is 1. The minimum atomic E-state index is 0.745. The van der Waals surface area contributed by atoms with Crippen molar-refractivity contribution in [2.24, 2.45) is 0 Å². The van der Waals surface area contributed by atoms with Gasteiger partial charge in [0.15, 0.2) is 0 Å². The van der Waals surface area contributed by atoms with Crippen molar-refractivity contribution in [1.29, 1.82) is 0 Å². The van der Waals surface area contributed by atoms with Gasteiger partial charge in [-0.2, -0.15) is 0 Å². The van der Waals surface area contributed by atoms with Crippen LogP contribution in [0.1, 0.15) is 10.4 Å². The fraction of sp³-hybridized carbons (Fsp3) is 0. The molecule has 0 bridgehead atoms. The molecule has 0 aliphatic heterocycles. The van der Waals surface area contributed by atoms with Gasteiger partial charge in [0, 0.05) is 5.56 Å². The average molecular weight is 118 g/mol. The molecule has 1 rings (SSSR count). The van der Waals surface area contributed by atoms with Crippen molar-refractivity contribution in [3.8, 4) is 0 Å². The van der Waals surface area contributed by atoms with E-state index in [1.165, 1.54) is 0 Å². The van der Waals surface area contributed by atoms with Gasteiger partial charge >= 0.3 is 0 Å². The molecule has 44 valence electrons. The van der Waals surface area contributed by atoms with E-state index in [4.69, 9.17) is 0 Å². The van der Waals surface area contributed by atoms with Crippen molar-refractivity contribution in [1.82, 2.24) is 0 Å². The monoisotopic (exact) mass is 118 g/mol. The van der Waals surface area contributed by atoms with Crippen LogP contribution in [0.2, 0.25) is 0 Å². The summed E-state index contributed by atoms with van der Waals surface area (Å²) in [5.74, 6) is 0. The maximum atomic E-state index is 10.2. The molecule has 0 amide bonds. The predicted octanol–water partition coefficient (Wildman–Crippen LogP) is -0.242. The number of benzene rings is 1. The first-order valence-electron chi connectivity index (χ1n) is 2.85. The van der Waals surface area contributed by atoms with Crippen LogP contribution >= 0.6 is 0 Å². The Bertz CT molecular complexity index is 220. The van der Waals surface area contributed by atoms with Crippen molar-refractivity contribution >= 4 is 19.6 Å². The van der Waals surface area contributed by atoms with Gasteiger partial charge in [0.2, 0.25) is 0 Å². The minimum Gasteiger partial charge on any atom is -0.298 e. The van der Waals surface area contributed by atoms with Crippen LogP contribution < -0.4 is 5.46 Å². The van der Waals surface area contributed by atoms with Crippen LogP contribution in [0.5, 0.6) is 0 Å². The molecule has 1 aromatic rings. The molecule has 0 aliphatic rings. The molecule has 0 saturated carbocycles. The molecule has 0 heterocycles. The van der Waals surface area contributed by atoms with E-state index < -0.39 is 0 Å². The molecule has 0 spiro atoms. The lowest BCUT2D eigenvalue weighted by molar-refractivity contribution is 0.112. The summed E-state index contributed by atoms with van der Waals surface area (Å²) in [6.45, 7) is 0. The van der Waals surface area contributed by atoms with Gasteiger partial charge < -0.3 is 0 Å². The van der Waals surface area contributed by atoms with Crippen LogP contribution in [0.3, 0.4) is 0 Å². The lowest BCUT2D eigenvalue weighted by Gasteiger charge is -1.90. The molecule has 1 nitrogen and oxygen atoms in total. The number of hydrogen-bond acceptors (Lipinski definition) is 1. The fourth-order valence-corrected chi connectivity index (χ4v) is 0.743. The zero-order valence-corrected chi connectivity index (χ0v) is 5.29. The average Bonchev–Trinajstić information content (AvgIpc) is 1.88. The van der Waals surface area contributed by atoms with Crippen LogP contribution in [-0.2, 0) is 0 Å². The molecule has 9 heavy (non-hydrogen) atoms. The smallest absolute Gasteiger partial charge is 0.150 e. The number of rotatable bonds is 1. The number of hydrogen-bond donors (Lipinski definition) is 0. The zero-order valence-electron chi connectivity index (χ0n) is 5.29. The Morgan fingerprint density at radius 3 is 2.67 bits per heavy atom. The molecule has 0 unspecified atom stereocenters. The van der Waals surface area contributed by atoms with Gasteiger partial charge in [-0.15, -0.1) is 0 Å². The Morgan fingerprint density at radius 1 is 1.44 bits per heavy atom. The van der Waals surface area contributed by atoms with Crippen molar-refractivity contribution < 1.29 is 4.79 Å². The highest BCUT2D eigenvalue weighted by Gasteiger charge is 1.86. The van der Waals surface area contributed by atoms with E-state index in [1.54, 1.807) is 6.07 Å². The summed E-state index contributed by atoms with van der Waals surface area (Å²) in [6, 6.07) is 7.49. The molecule has 0 saturated heterocycles. The van der Waals surface area contributed by atoms with Crippen LogP contribution in [0.25, 0.3) is 0 Å². The van der Waals surface area contributed by atoms with Crippen LogP contribution in [0, 0.1) is 0 Å². The van der Waals surface area contributed by atoms with E-state index >= 15 is 0 Å². The molecule has 0 aliphatic carbocycles. The molecular weight excluding hydrogens is 111 g/mol. The van der Waals surface area contributed by atoms with Crippen molar-refractivity contribution in [3.63, 3.8) is 0 Å². The second-order valence-corrected chi connectivity index (χ2v) is 2.03. The van der Waals surface area contributed by atoms with E-state index in [-0.39, 0.29) is 0 Å². The second-order valence-electron chi connectivity index (χ2n) is 2.03. The first-order chi connectivity index (χ1) is 4.33. The topological polar surface area (TPSA) is 17.1 Å². The normalized spacial score (nSPS) is 8.89. The Labute approximate surface area is 55.1 Å². The highest BCUT2D eigenvalue weighted by molar-refractivity contribution is 6.32. The van der Waals surface area contributed by atoms with Crippen LogP contribution in [-0.4, -0.2) is 14.1 Å². The molecular formula is C7H7BO. The van der Waals surface area contributed by atoms with Crippen LogP contribution in [0.4, 0.5) is 0 Å². The lowest BCUT2D eigenvalue weighted by atomic mass is 9.95. The largest absolute Gasteiger partial charge is 0.298 e. The predicted molar refractivity (Wildman–Crippen MR) is 40.0 cm³/mol. The summed E-state index contributed by atoms with van der Waals surface area (Å²) in [4.78, 5) is 10.2. The molecule has 0 atom stereocenters. The molecule has 2 heteroatoms. The zero-order chi connectivity index (χ0) is 6.69.